The number of hydrogen-bond acceptors (Lipinski definition) is 2. The molecule has 0 aliphatic heterocycles. The summed E-state index contributed by atoms with van der Waals surface area (Å²) in [5.74, 6) is -0.154. The van der Waals surface area contributed by atoms with Crippen molar-refractivity contribution in [2.75, 3.05) is 18.5 Å². The van der Waals surface area contributed by atoms with E-state index in [1.165, 1.54) is 11.0 Å². The third kappa shape index (κ3) is 3.82. The maximum absolute atomic E-state index is 13.5. The lowest BCUT2D eigenvalue weighted by atomic mass is 10.1. The van der Waals surface area contributed by atoms with Crippen LogP contribution in [0.2, 0.25) is 0 Å². The van der Waals surface area contributed by atoms with Crippen molar-refractivity contribution in [1.82, 2.24) is 0 Å². The molecule has 17 heavy (non-hydrogen) atoms. The molecule has 1 aromatic rings. The number of anilines is 1. The molecular weight excluding hydrogens is 219 g/mol. The lowest BCUT2D eigenvalue weighted by Gasteiger charge is -2.18. The standard InChI is InChI=1S/C13H19FN2O/c1-10(9-15)7-8-13(17)16(2)12-6-4-3-5-11(12)14/h3-6,10H,7-9,15H2,1-2H3. The number of benzene rings is 1. The molecule has 0 aliphatic rings. The summed E-state index contributed by atoms with van der Waals surface area (Å²) in [5, 5.41) is 0. The largest absolute Gasteiger partial charge is 0.330 e. The van der Waals surface area contributed by atoms with Crippen LogP contribution in [-0.4, -0.2) is 19.5 Å². The van der Waals surface area contributed by atoms with Crippen molar-refractivity contribution in [3.63, 3.8) is 0 Å². The zero-order chi connectivity index (χ0) is 12.8. The molecule has 0 saturated carbocycles. The zero-order valence-corrected chi connectivity index (χ0v) is 10.3. The molecule has 1 aromatic carbocycles. The quantitative estimate of drug-likeness (QED) is 0.854. The van der Waals surface area contributed by atoms with E-state index in [2.05, 4.69) is 0 Å². The van der Waals surface area contributed by atoms with Gasteiger partial charge in [0.25, 0.3) is 0 Å². The Kier molecular flexibility index (Phi) is 5.10. The van der Waals surface area contributed by atoms with Gasteiger partial charge >= 0.3 is 0 Å². The van der Waals surface area contributed by atoms with Gasteiger partial charge in [0.1, 0.15) is 5.82 Å². The van der Waals surface area contributed by atoms with Gasteiger partial charge in [0.2, 0.25) is 5.91 Å². The molecular formula is C13H19FN2O. The van der Waals surface area contributed by atoms with Crippen molar-refractivity contribution in [2.24, 2.45) is 11.7 Å². The molecule has 3 nitrogen and oxygen atoms in total. The summed E-state index contributed by atoms with van der Waals surface area (Å²) in [5.41, 5.74) is 5.80. The molecule has 0 spiro atoms. The van der Waals surface area contributed by atoms with Crippen LogP contribution in [0.25, 0.3) is 0 Å². The molecule has 0 radical (unpaired) electrons. The molecule has 4 heteroatoms. The predicted octanol–water partition coefficient (Wildman–Crippen LogP) is 2.16. The molecule has 1 unspecified atom stereocenters. The normalized spacial score (nSPS) is 12.2. The summed E-state index contributed by atoms with van der Waals surface area (Å²) in [6.07, 6.45) is 1.12. The number of nitrogens with two attached hydrogens (primary N) is 1. The fourth-order valence-corrected chi connectivity index (χ4v) is 1.51. The number of amides is 1. The number of carbonyl (C=O) groups excluding carboxylic acids is 1. The Labute approximate surface area is 101 Å². The highest BCUT2D eigenvalue weighted by molar-refractivity contribution is 5.92. The first-order valence-corrected chi connectivity index (χ1v) is 5.77. The van der Waals surface area contributed by atoms with Gasteiger partial charge in [0, 0.05) is 13.5 Å². The van der Waals surface area contributed by atoms with Crippen LogP contribution < -0.4 is 10.6 Å². The highest BCUT2D eigenvalue weighted by atomic mass is 19.1. The van der Waals surface area contributed by atoms with Gasteiger partial charge < -0.3 is 10.6 Å². The van der Waals surface area contributed by atoms with Crippen LogP contribution in [-0.2, 0) is 4.79 Å². The average Bonchev–Trinajstić information content (AvgIpc) is 2.35. The minimum atomic E-state index is -0.379. The maximum atomic E-state index is 13.5. The van der Waals surface area contributed by atoms with Crippen LogP contribution in [0, 0.1) is 11.7 Å². The monoisotopic (exact) mass is 238 g/mol. The van der Waals surface area contributed by atoms with Gasteiger partial charge in [-0.05, 0) is 31.0 Å². The first-order chi connectivity index (χ1) is 8.06. The summed E-state index contributed by atoms with van der Waals surface area (Å²) < 4.78 is 13.5. The molecule has 1 atom stereocenters. The number of carbonyl (C=O) groups is 1. The Hall–Kier alpha value is -1.42. The van der Waals surface area contributed by atoms with Crippen LogP contribution in [0.15, 0.2) is 24.3 Å². The Bertz CT molecular complexity index is 381. The van der Waals surface area contributed by atoms with Gasteiger partial charge in [0.15, 0.2) is 0 Å². The lowest BCUT2D eigenvalue weighted by molar-refractivity contribution is -0.118. The summed E-state index contributed by atoms with van der Waals surface area (Å²) in [4.78, 5) is 13.2. The van der Waals surface area contributed by atoms with Crippen LogP contribution >= 0.6 is 0 Å². The van der Waals surface area contributed by atoms with E-state index < -0.39 is 0 Å². The summed E-state index contributed by atoms with van der Waals surface area (Å²) in [6, 6.07) is 6.26. The molecule has 0 heterocycles. The second-order valence-corrected chi connectivity index (χ2v) is 4.28. The predicted molar refractivity (Wildman–Crippen MR) is 67.3 cm³/mol. The molecule has 94 valence electrons. The molecule has 2 N–H and O–H groups in total. The van der Waals surface area contributed by atoms with E-state index in [4.69, 9.17) is 5.73 Å². The maximum Gasteiger partial charge on any atom is 0.226 e. The van der Waals surface area contributed by atoms with Crippen LogP contribution in [0.5, 0.6) is 0 Å². The van der Waals surface area contributed by atoms with E-state index in [9.17, 15) is 9.18 Å². The SMILES string of the molecule is CC(CN)CCC(=O)N(C)c1ccccc1F. The van der Waals surface area contributed by atoms with Crippen molar-refractivity contribution in [2.45, 2.75) is 19.8 Å². The fraction of sp³-hybridized carbons (Fsp3) is 0.462. The summed E-state index contributed by atoms with van der Waals surface area (Å²) in [7, 11) is 1.59. The van der Waals surface area contributed by atoms with Gasteiger partial charge in [-0.25, -0.2) is 4.39 Å². The molecule has 1 rings (SSSR count). The first-order valence-electron chi connectivity index (χ1n) is 5.77. The molecule has 0 aromatic heterocycles. The Balaban J connectivity index is 2.61. The average molecular weight is 238 g/mol. The lowest BCUT2D eigenvalue weighted by Crippen LogP contribution is -2.27. The molecule has 0 aliphatic carbocycles. The minimum absolute atomic E-state index is 0.0876. The Morgan fingerprint density at radius 3 is 2.71 bits per heavy atom. The van der Waals surface area contributed by atoms with Crippen LogP contribution in [0.3, 0.4) is 0 Å². The number of halogens is 1. The second-order valence-electron chi connectivity index (χ2n) is 4.28. The van der Waals surface area contributed by atoms with Crippen molar-refractivity contribution >= 4 is 11.6 Å². The highest BCUT2D eigenvalue weighted by Crippen LogP contribution is 2.18. The second kappa shape index (κ2) is 6.35. The molecule has 0 fully saturated rings. The van der Waals surface area contributed by atoms with E-state index in [1.807, 2.05) is 6.92 Å². The van der Waals surface area contributed by atoms with Crippen molar-refractivity contribution < 1.29 is 9.18 Å². The first kappa shape index (κ1) is 13.6. The molecule has 0 saturated heterocycles. The highest BCUT2D eigenvalue weighted by Gasteiger charge is 2.14. The Morgan fingerprint density at radius 2 is 2.12 bits per heavy atom. The van der Waals surface area contributed by atoms with E-state index in [1.54, 1.807) is 25.2 Å². The topological polar surface area (TPSA) is 46.3 Å². The number of para-hydroxylation sites is 1. The molecule has 0 bridgehead atoms. The van der Waals surface area contributed by atoms with E-state index >= 15 is 0 Å². The minimum Gasteiger partial charge on any atom is -0.330 e. The summed E-state index contributed by atoms with van der Waals surface area (Å²) >= 11 is 0. The van der Waals surface area contributed by atoms with Gasteiger partial charge in [-0.2, -0.15) is 0 Å². The van der Waals surface area contributed by atoms with Crippen molar-refractivity contribution in [1.29, 1.82) is 0 Å². The smallest absolute Gasteiger partial charge is 0.226 e. The zero-order valence-electron chi connectivity index (χ0n) is 10.3. The number of nitrogens with zero attached hydrogens (tertiary/aromatic N) is 1. The van der Waals surface area contributed by atoms with Crippen LogP contribution in [0.4, 0.5) is 10.1 Å². The molecule has 1 amide bonds. The van der Waals surface area contributed by atoms with Gasteiger partial charge in [-0.3, -0.25) is 4.79 Å². The van der Waals surface area contributed by atoms with E-state index in [-0.39, 0.29) is 11.7 Å². The summed E-state index contributed by atoms with van der Waals surface area (Å²) in [6.45, 7) is 2.56. The number of hydrogen-bond donors (Lipinski definition) is 1. The van der Waals surface area contributed by atoms with Gasteiger partial charge in [-0.15, -0.1) is 0 Å². The third-order valence-electron chi connectivity index (χ3n) is 2.84. The van der Waals surface area contributed by atoms with Crippen molar-refractivity contribution in [3.05, 3.63) is 30.1 Å². The van der Waals surface area contributed by atoms with Gasteiger partial charge in [-0.1, -0.05) is 19.1 Å². The fourth-order valence-electron chi connectivity index (χ4n) is 1.51. The van der Waals surface area contributed by atoms with Gasteiger partial charge in [0.05, 0.1) is 5.69 Å². The van der Waals surface area contributed by atoms with E-state index in [0.717, 1.165) is 6.42 Å². The van der Waals surface area contributed by atoms with Crippen molar-refractivity contribution in [3.8, 4) is 0 Å². The third-order valence-corrected chi connectivity index (χ3v) is 2.84. The van der Waals surface area contributed by atoms with Crippen LogP contribution in [0.1, 0.15) is 19.8 Å². The van der Waals surface area contributed by atoms with E-state index in [0.29, 0.717) is 24.6 Å². The Morgan fingerprint density at radius 1 is 1.47 bits per heavy atom. The number of rotatable bonds is 5.